The maximum Gasteiger partial charge on any atom is 0.0249 e. The smallest absolute Gasteiger partial charge is 0.0249 e. The third-order valence-corrected chi connectivity index (χ3v) is 5.29. The van der Waals surface area contributed by atoms with Crippen LogP contribution in [0.4, 0.5) is 0 Å². The van der Waals surface area contributed by atoms with Gasteiger partial charge in [0, 0.05) is 18.6 Å². The molecule has 2 rings (SSSR count). The molecule has 0 aromatic carbocycles. The molecule has 3 unspecified atom stereocenters. The summed E-state index contributed by atoms with van der Waals surface area (Å²) in [5, 5.41) is 3.79. The van der Waals surface area contributed by atoms with Gasteiger partial charge in [0.25, 0.3) is 0 Å². The van der Waals surface area contributed by atoms with Crippen molar-refractivity contribution in [3.8, 4) is 0 Å². The van der Waals surface area contributed by atoms with Gasteiger partial charge in [-0.1, -0.05) is 46.0 Å². The van der Waals surface area contributed by atoms with Crippen LogP contribution in [0.25, 0.3) is 0 Å². The first-order chi connectivity index (χ1) is 9.35. The fourth-order valence-electron chi connectivity index (χ4n) is 4.13. The molecular formula is C17H34N2. The van der Waals surface area contributed by atoms with E-state index in [9.17, 15) is 0 Å². The fourth-order valence-corrected chi connectivity index (χ4v) is 4.13. The zero-order chi connectivity index (χ0) is 13.5. The van der Waals surface area contributed by atoms with E-state index in [2.05, 4.69) is 24.1 Å². The van der Waals surface area contributed by atoms with Crippen molar-refractivity contribution < 1.29 is 0 Å². The van der Waals surface area contributed by atoms with E-state index in [0.29, 0.717) is 0 Å². The highest BCUT2D eigenvalue weighted by Crippen LogP contribution is 2.27. The number of hydrogen-bond acceptors (Lipinski definition) is 2. The maximum absolute atomic E-state index is 3.79. The van der Waals surface area contributed by atoms with Crippen molar-refractivity contribution in [2.75, 3.05) is 19.6 Å². The summed E-state index contributed by atoms with van der Waals surface area (Å²) >= 11 is 0. The van der Waals surface area contributed by atoms with Gasteiger partial charge in [0.15, 0.2) is 0 Å². The van der Waals surface area contributed by atoms with Crippen LogP contribution >= 0.6 is 0 Å². The SMILES string of the molecule is CCNC1CCCCCCC1N1CCCC(CC)C1. The molecule has 0 bridgehead atoms. The summed E-state index contributed by atoms with van der Waals surface area (Å²) in [6.45, 7) is 8.48. The van der Waals surface area contributed by atoms with Gasteiger partial charge in [0.2, 0.25) is 0 Å². The molecule has 2 fully saturated rings. The van der Waals surface area contributed by atoms with Gasteiger partial charge in [-0.05, 0) is 44.7 Å². The summed E-state index contributed by atoms with van der Waals surface area (Å²) in [6, 6.07) is 1.57. The molecule has 1 saturated heterocycles. The highest BCUT2D eigenvalue weighted by atomic mass is 15.2. The van der Waals surface area contributed by atoms with Crippen molar-refractivity contribution in [2.45, 2.75) is 83.7 Å². The topological polar surface area (TPSA) is 15.3 Å². The predicted octanol–water partition coefficient (Wildman–Crippen LogP) is 3.81. The molecule has 3 atom stereocenters. The Morgan fingerprint density at radius 3 is 2.47 bits per heavy atom. The van der Waals surface area contributed by atoms with Crippen LogP contribution in [0.1, 0.15) is 71.6 Å². The molecule has 0 spiro atoms. The van der Waals surface area contributed by atoms with Crippen molar-refractivity contribution in [1.82, 2.24) is 10.2 Å². The number of nitrogens with zero attached hydrogens (tertiary/aromatic N) is 1. The lowest BCUT2D eigenvalue weighted by molar-refractivity contribution is 0.0829. The summed E-state index contributed by atoms with van der Waals surface area (Å²) in [4.78, 5) is 2.84. The van der Waals surface area contributed by atoms with E-state index < -0.39 is 0 Å². The van der Waals surface area contributed by atoms with Crippen LogP contribution in [-0.2, 0) is 0 Å². The molecule has 0 radical (unpaired) electrons. The van der Waals surface area contributed by atoms with Crippen LogP contribution in [0.5, 0.6) is 0 Å². The predicted molar refractivity (Wildman–Crippen MR) is 83.5 cm³/mol. The zero-order valence-electron chi connectivity index (χ0n) is 13.2. The second kappa shape index (κ2) is 8.26. The van der Waals surface area contributed by atoms with Gasteiger partial charge in [-0.25, -0.2) is 0 Å². The molecule has 2 nitrogen and oxygen atoms in total. The second-order valence-corrected chi connectivity index (χ2v) is 6.63. The Morgan fingerprint density at radius 2 is 1.74 bits per heavy atom. The Morgan fingerprint density at radius 1 is 0.947 bits per heavy atom. The molecule has 0 aromatic rings. The Labute approximate surface area is 120 Å². The largest absolute Gasteiger partial charge is 0.313 e. The first kappa shape index (κ1) is 15.3. The van der Waals surface area contributed by atoms with Gasteiger partial charge in [0.05, 0.1) is 0 Å². The summed E-state index contributed by atoms with van der Waals surface area (Å²) in [7, 11) is 0. The highest BCUT2D eigenvalue weighted by molar-refractivity contribution is 4.88. The number of piperidine rings is 1. The van der Waals surface area contributed by atoms with Crippen LogP contribution in [0, 0.1) is 5.92 Å². The van der Waals surface area contributed by atoms with Crippen LogP contribution in [0.3, 0.4) is 0 Å². The first-order valence-corrected chi connectivity index (χ1v) is 8.82. The first-order valence-electron chi connectivity index (χ1n) is 8.82. The van der Waals surface area contributed by atoms with E-state index in [1.54, 1.807) is 0 Å². The standard InChI is InChI=1S/C17H34N2/c1-3-15-10-9-13-19(14-15)17-12-8-6-5-7-11-16(17)18-4-2/h15-18H,3-14H2,1-2H3. The maximum atomic E-state index is 3.79. The average Bonchev–Trinajstić information content (AvgIpc) is 2.42. The van der Waals surface area contributed by atoms with E-state index >= 15 is 0 Å². The van der Waals surface area contributed by atoms with Gasteiger partial charge >= 0.3 is 0 Å². The minimum atomic E-state index is 0.751. The third-order valence-electron chi connectivity index (χ3n) is 5.29. The van der Waals surface area contributed by atoms with Crippen LogP contribution in [0.15, 0.2) is 0 Å². The van der Waals surface area contributed by atoms with E-state index in [1.165, 1.54) is 70.9 Å². The van der Waals surface area contributed by atoms with Crippen molar-refractivity contribution in [3.05, 3.63) is 0 Å². The van der Waals surface area contributed by atoms with Crippen molar-refractivity contribution >= 4 is 0 Å². The Bertz CT molecular complexity index is 241. The zero-order valence-corrected chi connectivity index (χ0v) is 13.2. The van der Waals surface area contributed by atoms with Crippen molar-refractivity contribution in [2.24, 2.45) is 5.92 Å². The van der Waals surface area contributed by atoms with Gasteiger partial charge < -0.3 is 5.32 Å². The Balaban J connectivity index is 1.98. The molecule has 2 aliphatic rings. The summed E-state index contributed by atoms with van der Waals surface area (Å²) in [5.41, 5.74) is 0. The number of rotatable bonds is 4. The second-order valence-electron chi connectivity index (χ2n) is 6.63. The molecule has 112 valence electrons. The lowest BCUT2D eigenvalue weighted by atomic mass is 9.87. The van der Waals surface area contributed by atoms with E-state index in [1.807, 2.05) is 0 Å². The molecule has 1 saturated carbocycles. The number of likely N-dealkylation sites (tertiary alicyclic amines) is 1. The fraction of sp³-hybridized carbons (Fsp3) is 1.00. The van der Waals surface area contributed by atoms with Gasteiger partial charge in [0.1, 0.15) is 0 Å². The highest BCUT2D eigenvalue weighted by Gasteiger charge is 2.30. The Kier molecular flexibility index (Phi) is 6.66. The quantitative estimate of drug-likeness (QED) is 0.832. The molecule has 1 heterocycles. The number of hydrogen-bond donors (Lipinski definition) is 1. The minimum Gasteiger partial charge on any atom is -0.313 e. The Hall–Kier alpha value is -0.0800. The van der Waals surface area contributed by atoms with E-state index in [0.717, 1.165) is 24.5 Å². The molecule has 1 N–H and O–H groups in total. The molecule has 1 aliphatic heterocycles. The normalized spacial score (nSPS) is 34.7. The molecule has 0 aromatic heterocycles. The van der Waals surface area contributed by atoms with Crippen molar-refractivity contribution in [3.63, 3.8) is 0 Å². The molecule has 2 heteroatoms. The molecule has 0 amide bonds. The van der Waals surface area contributed by atoms with Crippen LogP contribution < -0.4 is 5.32 Å². The third kappa shape index (κ3) is 4.46. The number of likely N-dealkylation sites (N-methyl/N-ethyl adjacent to an activating group) is 1. The molecular weight excluding hydrogens is 232 g/mol. The van der Waals surface area contributed by atoms with Crippen molar-refractivity contribution in [1.29, 1.82) is 0 Å². The monoisotopic (exact) mass is 266 g/mol. The minimum absolute atomic E-state index is 0.751. The lowest BCUT2D eigenvalue weighted by Gasteiger charge is -2.43. The van der Waals surface area contributed by atoms with Gasteiger partial charge in [-0.15, -0.1) is 0 Å². The molecule has 19 heavy (non-hydrogen) atoms. The van der Waals surface area contributed by atoms with Gasteiger partial charge in [-0.3, -0.25) is 4.90 Å². The van der Waals surface area contributed by atoms with E-state index in [-0.39, 0.29) is 0 Å². The van der Waals surface area contributed by atoms with Crippen LogP contribution in [-0.4, -0.2) is 36.6 Å². The summed E-state index contributed by atoms with van der Waals surface area (Å²) in [6.07, 6.45) is 12.9. The van der Waals surface area contributed by atoms with E-state index in [4.69, 9.17) is 0 Å². The lowest BCUT2D eigenvalue weighted by Crippen LogP contribution is -2.53. The van der Waals surface area contributed by atoms with Crippen LogP contribution in [0.2, 0.25) is 0 Å². The summed E-state index contributed by atoms with van der Waals surface area (Å²) < 4.78 is 0. The molecule has 1 aliphatic carbocycles. The van der Waals surface area contributed by atoms with Gasteiger partial charge in [-0.2, -0.15) is 0 Å². The summed E-state index contributed by atoms with van der Waals surface area (Å²) in [5.74, 6) is 0.960. The average molecular weight is 266 g/mol. The number of nitrogens with one attached hydrogen (secondary N) is 1.